The number of aromatic nitrogens is 3. The molecule has 3 aliphatic rings. The van der Waals surface area contributed by atoms with Crippen LogP contribution in [-0.2, 0) is 11.3 Å². The first kappa shape index (κ1) is 22.2. The summed E-state index contributed by atoms with van der Waals surface area (Å²) in [7, 11) is 0. The highest BCUT2D eigenvalue weighted by Gasteiger charge is 2.43. The lowest BCUT2D eigenvalue weighted by molar-refractivity contribution is 0.0144. The zero-order valence-corrected chi connectivity index (χ0v) is 19.5. The number of aryl methyl sites for hydroxylation is 1. The molecule has 0 spiro atoms. The molecular weight excluding hydrogens is 451 g/mol. The first-order valence-electron chi connectivity index (χ1n) is 12.2. The third-order valence-corrected chi connectivity index (χ3v) is 7.34. The van der Waals surface area contributed by atoms with Gasteiger partial charge in [0.05, 0.1) is 12.7 Å². The van der Waals surface area contributed by atoms with Gasteiger partial charge in [-0.2, -0.15) is 0 Å². The number of aromatic carboxylic acids is 1. The summed E-state index contributed by atoms with van der Waals surface area (Å²) in [6.07, 6.45) is 5.72. The molecule has 3 aromatic rings. The quantitative estimate of drug-likeness (QED) is 0.513. The predicted octanol–water partition coefficient (Wildman–Crippen LogP) is 4.87. The number of benzene rings is 1. The summed E-state index contributed by atoms with van der Waals surface area (Å²) in [5.74, 6) is 0.271. The fraction of sp³-hybridized carbons (Fsp3) is 0.462. The van der Waals surface area contributed by atoms with E-state index < -0.39 is 5.97 Å². The monoisotopic (exact) mass is 478 g/mol. The number of anilines is 1. The molecule has 35 heavy (non-hydrogen) atoms. The van der Waals surface area contributed by atoms with Crippen LogP contribution in [0, 0.1) is 12.7 Å². The first-order valence-corrected chi connectivity index (χ1v) is 12.2. The average molecular weight is 479 g/mol. The Hall–Kier alpha value is -3.33. The minimum Gasteiger partial charge on any atom is -0.477 e. The average Bonchev–Trinajstić information content (AvgIpc) is 3.54. The Morgan fingerprint density at radius 2 is 1.91 bits per heavy atom. The van der Waals surface area contributed by atoms with Crippen molar-refractivity contribution in [1.82, 2.24) is 15.1 Å². The van der Waals surface area contributed by atoms with Crippen molar-refractivity contribution in [2.24, 2.45) is 0 Å². The number of rotatable bonds is 7. The Balaban J connectivity index is 1.20. The second-order valence-corrected chi connectivity index (χ2v) is 9.82. The second kappa shape index (κ2) is 8.71. The van der Waals surface area contributed by atoms with Crippen LogP contribution in [0.25, 0.3) is 11.3 Å². The molecule has 0 radical (unpaired) electrons. The van der Waals surface area contributed by atoms with E-state index in [1.165, 1.54) is 12.1 Å². The lowest BCUT2D eigenvalue weighted by atomic mass is 9.99. The zero-order chi connectivity index (χ0) is 24.1. The van der Waals surface area contributed by atoms with Gasteiger partial charge >= 0.3 is 5.97 Å². The minimum atomic E-state index is -1.05. The zero-order valence-electron chi connectivity index (χ0n) is 19.5. The van der Waals surface area contributed by atoms with E-state index in [1.807, 2.05) is 0 Å². The smallest absolute Gasteiger partial charge is 0.354 e. The van der Waals surface area contributed by atoms with Crippen LogP contribution < -0.4 is 4.90 Å². The highest BCUT2D eigenvalue weighted by Crippen LogP contribution is 2.45. The van der Waals surface area contributed by atoms with E-state index in [1.54, 1.807) is 25.1 Å². The van der Waals surface area contributed by atoms with E-state index >= 15 is 0 Å². The van der Waals surface area contributed by atoms with Gasteiger partial charge in [-0.05, 0) is 63.6 Å². The van der Waals surface area contributed by atoms with E-state index in [2.05, 4.69) is 20.0 Å². The topological polar surface area (TPSA) is 102 Å². The van der Waals surface area contributed by atoms with Gasteiger partial charge in [0.2, 0.25) is 5.95 Å². The van der Waals surface area contributed by atoms with E-state index in [4.69, 9.17) is 9.26 Å². The molecule has 2 aliphatic heterocycles. The van der Waals surface area contributed by atoms with Crippen molar-refractivity contribution in [3.05, 3.63) is 58.9 Å². The molecule has 182 valence electrons. The molecule has 2 saturated heterocycles. The van der Waals surface area contributed by atoms with Gasteiger partial charge in [-0.15, -0.1) is 0 Å². The molecule has 1 aromatic carbocycles. The van der Waals surface area contributed by atoms with Crippen molar-refractivity contribution >= 4 is 11.9 Å². The number of nitrogens with zero attached hydrogens (tertiary/aromatic N) is 4. The number of carboxylic acid groups (broad SMARTS) is 1. The van der Waals surface area contributed by atoms with Crippen molar-refractivity contribution in [2.45, 2.75) is 76.2 Å². The first-order chi connectivity index (χ1) is 17.0. The van der Waals surface area contributed by atoms with Crippen LogP contribution in [0.1, 0.15) is 71.9 Å². The van der Waals surface area contributed by atoms with E-state index in [9.17, 15) is 14.3 Å². The third kappa shape index (κ3) is 4.18. The van der Waals surface area contributed by atoms with E-state index in [0.29, 0.717) is 35.4 Å². The SMILES string of the molecule is Cc1cc(C(=O)O)nc(N2[C@H]3CC[C@H]2CC(OCc2c(-c4ccccc4F)noc2C2CC2)C3)n1. The van der Waals surface area contributed by atoms with Crippen LogP contribution >= 0.6 is 0 Å². The molecule has 8 nitrogen and oxygen atoms in total. The molecule has 1 N–H and O–H groups in total. The normalized spacial score (nSPS) is 23.6. The molecule has 1 saturated carbocycles. The van der Waals surface area contributed by atoms with Gasteiger partial charge in [0, 0.05) is 34.8 Å². The van der Waals surface area contributed by atoms with Crippen LogP contribution in [0.4, 0.5) is 10.3 Å². The predicted molar refractivity (Wildman–Crippen MR) is 125 cm³/mol. The molecule has 9 heteroatoms. The van der Waals surface area contributed by atoms with Gasteiger partial charge < -0.3 is 19.3 Å². The van der Waals surface area contributed by atoms with Gasteiger partial charge in [-0.25, -0.2) is 19.2 Å². The fourth-order valence-corrected chi connectivity index (χ4v) is 5.56. The standard InChI is InChI=1S/C26H27FN4O4/c1-14-10-22(25(32)33)29-26(28-14)31-16-8-9-17(31)12-18(11-16)34-13-20-23(19-4-2-3-5-21(19)27)30-35-24(20)15-6-7-15/h2-5,10,15-18H,6-9,11-13H2,1H3,(H,32,33)/t16-,17-/m0/s1. The number of hydrogen-bond donors (Lipinski definition) is 1. The number of carboxylic acids is 1. The lowest BCUT2D eigenvalue weighted by Crippen LogP contribution is -2.46. The molecule has 2 bridgehead atoms. The summed E-state index contributed by atoms with van der Waals surface area (Å²) in [4.78, 5) is 22.5. The maximum atomic E-state index is 14.5. The summed E-state index contributed by atoms with van der Waals surface area (Å²) >= 11 is 0. The van der Waals surface area contributed by atoms with Crippen LogP contribution in [0.2, 0.25) is 0 Å². The Morgan fingerprint density at radius 3 is 2.60 bits per heavy atom. The Kier molecular flexibility index (Phi) is 5.51. The van der Waals surface area contributed by atoms with Crippen molar-refractivity contribution in [2.75, 3.05) is 4.90 Å². The lowest BCUT2D eigenvalue weighted by Gasteiger charge is -2.39. The number of hydrogen-bond acceptors (Lipinski definition) is 7. The van der Waals surface area contributed by atoms with Gasteiger partial charge in [0.1, 0.15) is 17.3 Å². The van der Waals surface area contributed by atoms with Crippen molar-refractivity contribution in [1.29, 1.82) is 0 Å². The Morgan fingerprint density at radius 1 is 1.17 bits per heavy atom. The molecular formula is C26H27FN4O4. The van der Waals surface area contributed by atoms with Gasteiger partial charge in [0.25, 0.3) is 0 Å². The summed E-state index contributed by atoms with van der Waals surface area (Å²) < 4.78 is 26.6. The third-order valence-electron chi connectivity index (χ3n) is 7.34. The summed E-state index contributed by atoms with van der Waals surface area (Å²) in [5.41, 5.74) is 2.47. The molecule has 1 aliphatic carbocycles. The maximum Gasteiger partial charge on any atom is 0.354 e. The molecule has 2 atom stereocenters. The number of piperidine rings is 1. The van der Waals surface area contributed by atoms with Crippen molar-refractivity contribution in [3.63, 3.8) is 0 Å². The Bertz CT molecular complexity index is 1260. The fourth-order valence-electron chi connectivity index (χ4n) is 5.56. The second-order valence-electron chi connectivity index (χ2n) is 9.82. The summed E-state index contributed by atoms with van der Waals surface area (Å²) in [5, 5.41) is 13.6. The molecule has 3 fully saturated rings. The van der Waals surface area contributed by atoms with Gasteiger partial charge in [-0.1, -0.05) is 17.3 Å². The number of halogens is 1. The van der Waals surface area contributed by atoms with Crippen molar-refractivity contribution in [3.8, 4) is 11.3 Å². The van der Waals surface area contributed by atoms with E-state index in [-0.39, 0.29) is 29.7 Å². The molecule has 4 heterocycles. The molecule has 0 amide bonds. The van der Waals surface area contributed by atoms with Gasteiger partial charge in [0.15, 0.2) is 5.69 Å². The van der Waals surface area contributed by atoms with Crippen molar-refractivity contribution < 1.29 is 23.6 Å². The number of carbonyl (C=O) groups is 1. The number of fused-ring (bicyclic) bond motifs is 2. The van der Waals surface area contributed by atoms with E-state index in [0.717, 1.165) is 49.8 Å². The van der Waals surface area contributed by atoms with Crippen LogP contribution in [-0.4, -0.2) is 44.4 Å². The summed E-state index contributed by atoms with van der Waals surface area (Å²) in [6.45, 7) is 2.12. The highest BCUT2D eigenvalue weighted by molar-refractivity contribution is 5.85. The maximum absolute atomic E-state index is 14.5. The Labute approximate surface area is 202 Å². The molecule has 2 aromatic heterocycles. The van der Waals surface area contributed by atoms with Gasteiger partial charge in [-0.3, -0.25) is 0 Å². The molecule has 6 rings (SSSR count). The number of ether oxygens (including phenoxy) is 1. The van der Waals surface area contributed by atoms with Crippen LogP contribution in [0.15, 0.2) is 34.9 Å². The van der Waals surface area contributed by atoms with Crippen LogP contribution in [0.5, 0.6) is 0 Å². The molecule has 0 unspecified atom stereocenters. The minimum absolute atomic E-state index is 0.0195. The largest absolute Gasteiger partial charge is 0.477 e. The van der Waals surface area contributed by atoms with Crippen LogP contribution in [0.3, 0.4) is 0 Å². The summed E-state index contributed by atoms with van der Waals surface area (Å²) in [6, 6.07) is 8.49. The highest BCUT2D eigenvalue weighted by atomic mass is 19.1.